The smallest absolute Gasteiger partial charge is 0.257 e. The summed E-state index contributed by atoms with van der Waals surface area (Å²) >= 11 is 0. The predicted molar refractivity (Wildman–Crippen MR) is 31.1 cm³/mol. The van der Waals surface area contributed by atoms with Gasteiger partial charge in [0.25, 0.3) is 11.0 Å². The van der Waals surface area contributed by atoms with E-state index in [1.165, 1.54) is 0 Å². The molecule has 0 aliphatic carbocycles. The Morgan fingerprint density at radius 2 is 2.22 bits per heavy atom. The van der Waals surface area contributed by atoms with E-state index in [1.54, 1.807) is 0 Å². The maximum Gasteiger partial charge on any atom is 0.257 e. The van der Waals surface area contributed by atoms with E-state index in [0.717, 1.165) is 0 Å². The zero-order valence-electron chi connectivity index (χ0n) is 4.74. The van der Waals surface area contributed by atoms with E-state index in [0.29, 0.717) is 12.8 Å². The number of unbranched alkanes of at least 4 members (excludes halogenated alkanes) is 1. The Balaban J connectivity index is 3.03. The zero-order chi connectivity index (χ0) is 7.11. The van der Waals surface area contributed by atoms with Crippen LogP contribution in [0.25, 0.3) is 0 Å². The summed E-state index contributed by atoms with van der Waals surface area (Å²) in [5.41, 5.74) is 0. The number of rotatable bonds is 4. The highest BCUT2D eigenvalue weighted by Gasteiger charge is 1.86. The van der Waals surface area contributed by atoms with Gasteiger partial charge >= 0.3 is 0 Å². The first kappa shape index (κ1) is 8.40. The molecule has 5 heteroatoms. The van der Waals surface area contributed by atoms with Gasteiger partial charge in [0, 0.05) is 6.42 Å². The quantitative estimate of drug-likeness (QED) is 0.445. The molecule has 0 bridgehead atoms. The molecule has 0 unspecified atom stereocenters. The third-order valence-corrected chi connectivity index (χ3v) is 1.02. The van der Waals surface area contributed by atoms with Gasteiger partial charge in [-0.2, -0.15) is 5.26 Å². The molecule has 0 fully saturated rings. The summed E-state index contributed by atoms with van der Waals surface area (Å²) in [5, 5.41) is 7.97. The summed E-state index contributed by atoms with van der Waals surface area (Å²) < 4.78 is 23.5. The summed E-state index contributed by atoms with van der Waals surface area (Å²) in [6.45, 7) is 0.117. The fraction of sp³-hybridized carbons (Fsp3) is 0.750. The molecule has 0 saturated heterocycles. The SMILES string of the molecule is N#CCCCO[SH](=O)=O. The third kappa shape index (κ3) is 7.40. The number of hydrogen-bond acceptors (Lipinski definition) is 4. The van der Waals surface area contributed by atoms with Gasteiger partial charge in [0.2, 0.25) is 0 Å². The molecular weight excluding hydrogens is 142 g/mol. The lowest BCUT2D eigenvalue weighted by Gasteiger charge is -1.88. The van der Waals surface area contributed by atoms with Crippen molar-refractivity contribution < 1.29 is 12.6 Å². The molecule has 0 radical (unpaired) electrons. The van der Waals surface area contributed by atoms with Crippen LogP contribution in [-0.2, 0) is 15.2 Å². The highest BCUT2D eigenvalue weighted by molar-refractivity contribution is 7.67. The molecule has 0 spiro atoms. The van der Waals surface area contributed by atoms with Crippen LogP contribution in [0.2, 0.25) is 0 Å². The summed E-state index contributed by atoms with van der Waals surface area (Å²) in [7, 11) is -2.73. The van der Waals surface area contributed by atoms with Gasteiger partial charge in [-0.1, -0.05) is 0 Å². The van der Waals surface area contributed by atoms with E-state index in [4.69, 9.17) is 5.26 Å². The van der Waals surface area contributed by atoms with Crippen LogP contribution in [0.15, 0.2) is 0 Å². The molecule has 0 aromatic heterocycles. The van der Waals surface area contributed by atoms with Gasteiger partial charge in [0.1, 0.15) is 0 Å². The van der Waals surface area contributed by atoms with Gasteiger partial charge in [0.05, 0.1) is 12.7 Å². The normalized spacial score (nSPS) is 9.33. The topological polar surface area (TPSA) is 67.2 Å². The number of hydrogen-bond donors (Lipinski definition) is 1. The first-order valence-corrected chi connectivity index (χ1v) is 3.51. The van der Waals surface area contributed by atoms with Crippen LogP contribution in [0.1, 0.15) is 12.8 Å². The van der Waals surface area contributed by atoms with Gasteiger partial charge in [-0.25, -0.2) is 8.42 Å². The number of nitriles is 1. The van der Waals surface area contributed by atoms with E-state index >= 15 is 0 Å². The lowest BCUT2D eigenvalue weighted by atomic mass is 10.4. The lowest BCUT2D eigenvalue weighted by molar-refractivity contribution is 0.328. The van der Waals surface area contributed by atoms with Crippen LogP contribution in [0, 0.1) is 11.3 Å². The molecule has 0 aliphatic heterocycles. The molecule has 9 heavy (non-hydrogen) atoms. The van der Waals surface area contributed by atoms with Gasteiger partial charge < -0.3 is 0 Å². The molecule has 4 nitrogen and oxygen atoms in total. The molecule has 0 amide bonds. The summed E-state index contributed by atoms with van der Waals surface area (Å²) in [6.07, 6.45) is 0.809. The van der Waals surface area contributed by atoms with E-state index in [-0.39, 0.29) is 6.61 Å². The predicted octanol–water partition coefficient (Wildman–Crippen LogP) is -0.167. The Morgan fingerprint density at radius 3 is 2.67 bits per heavy atom. The van der Waals surface area contributed by atoms with Crippen LogP contribution in [-0.4, -0.2) is 15.0 Å². The molecule has 0 saturated carbocycles. The van der Waals surface area contributed by atoms with Crippen LogP contribution in [0.5, 0.6) is 0 Å². The second-order valence-electron chi connectivity index (χ2n) is 1.32. The molecule has 0 atom stereocenters. The minimum atomic E-state index is -2.73. The van der Waals surface area contributed by atoms with Gasteiger partial charge in [-0.05, 0) is 6.42 Å². The fourth-order valence-electron chi connectivity index (χ4n) is 0.290. The Labute approximate surface area is 55.2 Å². The second kappa shape index (κ2) is 5.54. The van der Waals surface area contributed by atoms with Crippen LogP contribution < -0.4 is 0 Å². The van der Waals surface area contributed by atoms with Crippen molar-refractivity contribution in [2.45, 2.75) is 12.8 Å². The van der Waals surface area contributed by atoms with Crippen molar-refractivity contribution in [1.82, 2.24) is 0 Å². The molecule has 0 aromatic carbocycles. The van der Waals surface area contributed by atoms with E-state index < -0.39 is 11.0 Å². The van der Waals surface area contributed by atoms with Gasteiger partial charge in [-0.3, -0.25) is 4.18 Å². The highest BCUT2D eigenvalue weighted by atomic mass is 32.2. The highest BCUT2D eigenvalue weighted by Crippen LogP contribution is 1.86. The maximum atomic E-state index is 9.69. The van der Waals surface area contributed by atoms with Crippen molar-refractivity contribution in [1.29, 1.82) is 5.26 Å². The molecule has 0 aromatic rings. The van der Waals surface area contributed by atoms with E-state index in [9.17, 15) is 8.42 Å². The Bertz CT molecular complexity index is 161. The van der Waals surface area contributed by atoms with Crippen molar-refractivity contribution in [3.63, 3.8) is 0 Å². The molecule has 52 valence electrons. The van der Waals surface area contributed by atoms with Crippen molar-refractivity contribution in [2.75, 3.05) is 6.61 Å². The number of nitrogens with zero attached hydrogens (tertiary/aromatic N) is 1. The average molecular weight is 149 g/mol. The molecule has 0 heterocycles. The molecule has 0 N–H and O–H groups in total. The minimum Gasteiger partial charge on any atom is -0.272 e. The Morgan fingerprint density at radius 1 is 1.56 bits per heavy atom. The van der Waals surface area contributed by atoms with Crippen LogP contribution in [0.3, 0.4) is 0 Å². The zero-order valence-corrected chi connectivity index (χ0v) is 5.63. The Kier molecular flexibility index (Phi) is 5.17. The second-order valence-corrected chi connectivity index (χ2v) is 2.02. The van der Waals surface area contributed by atoms with Gasteiger partial charge in [-0.15, -0.1) is 0 Å². The van der Waals surface area contributed by atoms with E-state index in [1.807, 2.05) is 6.07 Å². The monoisotopic (exact) mass is 149 g/mol. The minimum absolute atomic E-state index is 0.117. The summed E-state index contributed by atoms with van der Waals surface area (Å²) in [4.78, 5) is 0. The Hall–Kier alpha value is -0.600. The third-order valence-electron chi connectivity index (χ3n) is 0.630. The standard InChI is InChI=1S/C4H7NO3S/c5-3-1-2-4-8-9(6)7/h9H,1-2,4H2. The van der Waals surface area contributed by atoms with Crippen LogP contribution in [0.4, 0.5) is 0 Å². The first-order valence-electron chi connectivity index (χ1n) is 2.41. The van der Waals surface area contributed by atoms with Crippen molar-refractivity contribution >= 4 is 11.0 Å². The molecular formula is C4H7NO3S. The maximum absolute atomic E-state index is 9.69. The number of thiol groups is 1. The van der Waals surface area contributed by atoms with E-state index in [2.05, 4.69) is 4.18 Å². The first-order chi connectivity index (χ1) is 4.27. The van der Waals surface area contributed by atoms with Crippen molar-refractivity contribution in [3.05, 3.63) is 0 Å². The van der Waals surface area contributed by atoms with Gasteiger partial charge in [0.15, 0.2) is 0 Å². The summed E-state index contributed by atoms with van der Waals surface area (Å²) in [6, 6.07) is 1.86. The molecule has 0 aliphatic rings. The van der Waals surface area contributed by atoms with Crippen LogP contribution >= 0.6 is 0 Å². The fourth-order valence-corrected chi connectivity index (χ4v) is 0.568. The van der Waals surface area contributed by atoms with Crippen molar-refractivity contribution in [2.24, 2.45) is 0 Å². The summed E-state index contributed by atoms with van der Waals surface area (Å²) in [5.74, 6) is 0. The lowest BCUT2D eigenvalue weighted by Crippen LogP contribution is -1.90. The van der Waals surface area contributed by atoms with Crippen molar-refractivity contribution in [3.8, 4) is 6.07 Å². The molecule has 0 rings (SSSR count). The largest absolute Gasteiger partial charge is 0.272 e. The average Bonchev–Trinajstić information content (AvgIpc) is 1.80.